The molecule has 2 aromatic heterocycles. The molecule has 0 amide bonds. The van der Waals surface area contributed by atoms with Crippen LogP contribution in [-0.2, 0) is 5.41 Å². The molecule has 0 saturated carbocycles. The molecule has 0 spiro atoms. The molecule has 0 fully saturated rings. The van der Waals surface area contributed by atoms with Crippen molar-refractivity contribution in [3.8, 4) is 11.3 Å². The summed E-state index contributed by atoms with van der Waals surface area (Å²) in [5.41, 5.74) is 12.7. The average molecular weight is 557 g/mol. The Kier molecular flexibility index (Phi) is 5.84. The number of allylic oxidation sites excluding steroid dienone is 3. The first-order valence-electron chi connectivity index (χ1n) is 15.1. The van der Waals surface area contributed by atoms with Gasteiger partial charge >= 0.3 is 0 Å². The molecule has 3 heteroatoms. The Morgan fingerprint density at radius 1 is 0.698 bits per heavy atom. The molecular weight excluding hydrogens is 524 g/mol. The van der Waals surface area contributed by atoms with E-state index in [1.54, 1.807) is 0 Å². The summed E-state index contributed by atoms with van der Waals surface area (Å²) in [5, 5.41) is 2.27. The van der Waals surface area contributed by atoms with Crippen molar-refractivity contribution in [1.82, 2.24) is 4.98 Å². The van der Waals surface area contributed by atoms with Gasteiger partial charge in [0.05, 0.1) is 22.8 Å². The Bertz CT molecular complexity index is 2130. The summed E-state index contributed by atoms with van der Waals surface area (Å²) >= 11 is 0. The van der Waals surface area contributed by atoms with E-state index in [1.807, 2.05) is 12.1 Å². The summed E-state index contributed by atoms with van der Waals surface area (Å²) < 4.78 is 6.21. The lowest BCUT2D eigenvalue weighted by molar-refractivity contribution is 0.637. The lowest BCUT2D eigenvalue weighted by atomic mass is 9.80. The van der Waals surface area contributed by atoms with E-state index in [0.717, 1.165) is 62.3 Å². The normalized spacial score (nSPS) is 17.7. The van der Waals surface area contributed by atoms with Gasteiger partial charge in [0.15, 0.2) is 0 Å². The number of aliphatic imine (C=N–C) groups is 1. The van der Waals surface area contributed by atoms with E-state index in [2.05, 4.69) is 130 Å². The van der Waals surface area contributed by atoms with Gasteiger partial charge in [0.1, 0.15) is 11.2 Å². The Hall–Kier alpha value is -5.02. The molecule has 0 N–H and O–H groups in total. The van der Waals surface area contributed by atoms with Crippen LogP contribution in [0.4, 0.5) is 0 Å². The summed E-state index contributed by atoms with van der Waals surface area (Å²) in [7, 11) is 0. The molecule has 0 saturated heterocycles. The molecule has 1 aliphatic carbocycles. The van der Waals surface area contributed by atoms with Crippen LogP contribution in [0.5, 0.6) is 0 Å². The minimum atomic E-state index is -0.350. The monoisotopic (exact) mass is 556 g/mol. The molecule has 1 aliphatic heterocycles. The maximum absolute atomic E-state index is 6.21. The predicted octanol–water partition coefficient (Wildman–Crippen LogP) is 10.3. The van der Waals surface area contributed by atoms with Gasteiger partial charge < -0.3 is 4.42 Å². The van der Waals surface area contributed by atoms with Crippen LogP contribution in [0.3, 0.4) is 0 Å². The molecule has 2 aliphatic rings. The summed E-state index contributed by atoms with van der Waals surface area (Å²) in [6.07, 6.45) is 3.34. The number of hydrogen-bond acceptors (Lipinski definition) is 3. The average Bonchev–Trinajstić information content (AvgIpc) is 3.51. The summed E-state index contributed by atoms with van der Waals surface area (Å²) in [4.78, 5) is 10.9. The SMILES string of the molecule is CC1CC=C2C(=C(c3ccccc3)N=C1c1ccccc1)C(C)(C)c1nc(-c3ccc4c(c3)oc3ccccc34)ccc12. The standard InChI is InChI=1S/C40H32N2O/c1-25-18-20-31-32-22-23-33(28-19-21-30-29-16-10-11-17-34(29)43-35(30)24-28)41-39(32)40(2,3)36(31)38(27-14-8-5-9-15-27)42-37(25)26-12-6-4-7-13-26/h4-17,19-25H,18H2,1-3H3. The minimum absolute atomic E-state index is 0.269. The lowest BCUT2D eigenvalue weighted by Gasteiger charge is -2.26. The zero-order chi connectivity index (χ0) is 29.1. The highest BCUT2D eigenvalue weighted by molar-refractivity contribution is 6.08. The second kappa shape index (κ2) is 9.78. The van der Waals surface area contributed by atoms with E-state index >= 15 is 0 Å². The summed E-state index contributed by atoms with van der Waals surface area (Å²) in [6.45, 7) is 6.88. The Balaban J connectivity index is 1.32. The lowest BCUT2D eigenvalue weighted by Crippen LogP contribution is -2.20. The molecule has 4 aromatic carbocycles. The smallest absolute Gasteiger partial charge is 0.136 e. The molecule has 1 unspecified atom stereocenters. The highest BCUT2D eigenvalue weighted by Gasteiger charge is 2.43. The van der Waals surface area contributed by atoms with E-state index in [-0.39, 0.29) is 11.3 Å². The predicted molar refractivity (Wildman–Crippen MR) is 178 cm³/mol. The molecule has 208 valence electrons. The van der Waals surface area contributed by atoms with Crippen molar-refractivity contribution in [2.45, 2.75) is 32.6 Å². The maximum Gasteiger partial charge on any atom is 0.136 e. The fraction of sp³-hybridized carbons (Fsp3) is 0.150. The van der Waals surface area contributed by atoms with E-state index < -0.39 is 0 Å². The maximum atomic E-state index is 6.21. The molecular formula is C40H32N2O. The van der Waals surface area contributed by atoms with Gasteiger partial charge in [-0.3, -0.25) is 9.98 Å². The number of rotatable bonds is 3. The number of furan rings is 1. The van der Waals surface area contributed by atoms with Crippen molar-refractivity contribution in [3.63, 3.8) is 0 Å². The van der Waals surface area contributed by atoms with Gasteiger partial charge in [0.2, 0.25) is 0 Å². The fourth-order valence-electron chi connectivity index (χ4n) is 6.88. The third-order valence-electron chi connectivity index (χ3n) is 9.07. The van der Waals surface area contributed by atoms with Crippen LogP contribution >= 0.6 is 0 Å². The third kappa shape index (κ3) is 4.11. The van der Waals surface area contributed by atoms with E-state index in [9.17, 15) is 0 Å². The quantitative estimate of drug-likeness (QED) is 0.217. The highest BCUT2D eigenvalue weighted by atomic mass is 16.3. The number of aromatic nitrogens is 1. The first-order valence-corrected chi connectivity index (χ1v) is 15.1. The molecule has 3 heterocycles. The van der Waals surface area contributed by atoms with Gasteiger partial charge in [-0.2, -0.15) is 0 Å². The topological polar surface area (TPSA) is 38.4 Å². The van der Waals surface area contributed by atoms with Crippen LogP contribution in [0.2, 0.25) is 0 Å². The fourth-order valence-corrected chi connectivity index (χ4v) is 6.88. The van der Waals surface area contributed by atoms with Crippen LogP contribution in [0.1, 0.15) is 49.6 Å². The van der Waals surface area contributed by atoms with Crippen molar-refractivity contribution >= 4 is 38.9 Å². The van der Waals surface area contributed by atoms with Gasteiger partial charge in [0.25, 0.3) is 0 Å². The van der Waals surface area contributed by atoms with Crippen LogP contribution in [-0.4, -0.2) is 10.7 Å². The van der Waals surface area contributed by atoms with Crippen molar-refractivity contribution in [1.29, 1.82) is 0 Å². The number of pyridine rings is 1. The molecule has 6 aromatic rings. The van der Waals surface area contributed by atoms with Gasteiger partial charge in [0, 0.05) is 38.8 Å². The number of para-hydroxylation sites is 1. The highest BCUT2D eigenvalue weighted by Crippen LogP contribution is 2.53. The second-order valence-corrected chi connectivity index (χ2v) is 12.2. The molecule has 0 bridgehead atoms. The molecule has 43 heavy (non-hydrogen) atoms. The molecule has 0 radical (unpaired) electrons. The van der Waals surface area contributed by atoms with Crippen LogP contribution < -0.4 is 0 Å². The zero-order valence-electron chi connectivity index (χ0n) is 24.6. The minimum Gasteiger partial charge on any atom is -0.456 e. The summed E-state index contributed by atoms with van der Waals surface area (Å²) in [5.74, 6) is 0.269. The van der Waals surface area contributed by atoms with Gasteiger partial charge in [-0.1, -0.05) is 118 Å². The van der Waals surface area contributed by atoms with E-state index in [4.69, 9.17) is 14.4 Å². The van der Waals surface area contributed by atoms with Crippen LogP contribution in [0.25, 0.3) is 44.5 Å². The Morgan fingerprint density at radius 3 is 2.19 bits per heavy atom. The number of hydrogen-bond donors (Lipinski definition) is 0. The Morgan fingerprint density at radius 2 is 1.40 bits per heavy atom. The van der Waals surface area contributed by atoms with Crippen molar-refractivity contribution < 1.29 is 4.42 Å². The van der Waals surface area contributed by atoms with Crippen molar-refractivity contribution in [2.75, 3.05) is 0 Å². The number of fused-ring (bicyclic) bond motifs is 6. The number of nitrogens with zero attached hydrogens (tertiary/aromatic N) is 2. The molecule has 8 rings (SSSR count). The van der Waals surface area contributed by atoms with Crippen LogP contribution in [0, 0.1) is 5.92 Å². The summed E-state index contributed by atoms with van der Waals surface area (Å²) in [6, 6.07) is 40.3. The largest absolute Gasteiger partial charge is 0.456 e. The van der Waals surface area contributed by atoms with E-state index in [0.29, 0.717) is 0 Å². The Labute approximate surface area is 251 Å². The van der Waals surface area contributed by atoms with Gasteiger partial charge in [-0.15, -0.1) is 0 Å². The van der Waals surface area contributed by atoms with Gasteiger partial charge in [-0.25, -0.2) is 0 Å². The third-order valence-corrected chi connectivity index (χ3v) is 9.07. The van der Waals surface area contributed by atoms with Crippen molar-refractivity contribution in [2.24, 2.45) is 10.9 Å². The van der Waals surface area contributed by atoms with Gasteiger partial charge in [-0.05, 0) is 47.4 Å². The first-order chi connectivity index (χ1) is 21.0. The first kappa shape index (κ1) is 25.7. The van der Waals surface area contributed by atoms with E-state index in [1.165, 1.54) is 22.3 Å². The molecule has 3 nitrogen and oxygen atoms in total. The zero-order valence-corrected chi connectivity index (χ0v) is 24.6. The van der Waals surface area contributed by atoms with Crippen LogP contribution in [0.15, 0.2) is 136 Å². The molecule has 1 atom stereocenters. The van der Waals surface area contributed by atoms with Crippen molar-refractivity contribution in [3.05, 3.63) is 149 Å². The number of benzene rings is 4. The second-order valence-electron chi connectivity index (χ2n) is 12.2.